The van der Waals surface area contributed by atoms with Gasteiger partial charge in [-0.2, -0.15) is 0 Å². The molecule has 1 heterocycles. The fourth-order valence-electron chi connectivity index (χ4n) is 2.79. The van der Waals surface area contributed by atoms with E-state index < -0.39 is 0 Å². The smallest absolute Gasteiger partial charge is 0.167 e. The van der Waals surface area contributed by atoms with E-state index in [4.69, 9.17) is 17.3 Å². The third-order valence-electron chi connectivity index (χ3n) is 3.63. The highest BCUT2D eigenvalue weighted by Crippen LogP contribution is 2.38. The number of nitrogen functional groups attached to an aromatic ring is 1. The van der Waals surface area contributed by atoms with Crippen molar-refractivity contribution in [3.8, 4) is 0 Å². The minimum Gasteiger partial charge on any atom is -0.398 e. The Balaban J connectivity index is 2.33. The lowest BCUT2D eigenvalue weighted by atomic mass is 9.75. The van der Waals surface area contributed by atoms with Gasteiger partial charge in [0.15, 0.2) is 5.78 Å². The van der Waals surface area contributed by atoms with E-state index in [1.165, 1.54) is 0 Å². The number of hydrogen-bond acceptors (Lipinski definition) is 3. The minimum atomic E-state index is -0.0597. The van der Waals surface area contributed by atoms with Crippen molar-refractivity contribution in [3.05, 3.63) is 34.5 Å². The first-order valence-corrected chi connectivity index (χ1v) is 6.66. The zero-order valence-corrected chi connectivity index (χ0v) is 11.7. The van der Waals surface area contributed by atoms with Crippen LogP contribution in [-0.4, -0.2) is 10.8 Å². The minimum absolute atomic E-state index is 0.0597. The van der Waals surface area contributed by atoms with E-state index in [0.29, 0.717) is 22.7 Å². The normalized spacial score (nSPS) is 17.5. The van der Waals surface area contributed by atoms with Gasteiger partial charge in [0.25, 0.3) is 0 Å². The van der Waals surface area contributed by atoms with E-state index in [1.807, 2.05) is 6.07 Å². The number of nitrogens with two attached hydrogens (primary N) is 1. The van der Waals surface area contributed by atoms with Gasteiger partial charge in [-0.05, 0) is 30.0 Å². The third kappa shape index (κ3) is 1.98. The van der Waals surface area contributed by atoms with Crippen molar-refractivity contribution < 1.29 is 4.79 Å². The standard InChI is InChI=1S/C15H15ClN2O/c1-15(2)6-11-13(12(19)7-15)14(17)9-4-3-8(16)5-10(9)18-11/h3-5H,6-7H2,1-2H3,(H2,17,18). The largest absolute Gasteiger partial charge is 0.398 e. The second kappa shape index (κ2) is 3.94. The van der Waals surface area contributed by atoms with Gasteiger partial charge < -0.3 is 5.73 Å². The molecule has 0 radical (unpaired) electrons. The molecular weight excluding hydrogens is 260 g/mol. The molecule has 1 aliphatic carbocycles. The molecule has 0 atom stereocenters. The van der Waals surface area contributed by atoms with E-state index in [2.05, 4.69) is 18.8 Å². The van der Waals surface area contributed by atoms with Gasteiger partial charge >= 0.3 is 0 Å². The summed E-state index contributed by atoms with van der Waals surface area (Å²) in [6, 6.07) is 5.39. The Kier molecular flexibility index (Phi) is 2.58. The van der Waals surface area contributed by atoms with E-state index >= 15 is 0 Å². The summed E-state index contributed by atoms with van der Waals surface area (Å²) < 4.78 is 0. The van der Waals surface area contributed by atoms with Crippen LogP contribution in [0.5, 0.6) is 0 Å². The number of pyridine rings is 1. The molecule has 0 amide bonds. The van der Waals surface area contributed by atoms with Gasteiger partial charge in [-0.15, -0.1) is 0 Å². The summed E-state index contributed by atoms with van der Waals surface area (Å²) >= 11 is 5.99. The van der Waals surface area contributed by atoms with Gasteiger partial charge in [0, 0.05) is 16.8 Å². The SMILES string of the molecule is CC1(C)CC(=O)c2c(nc3cc(Cl)ccc3c2N)C1. The highest BCUT2D eigenvalue weighted by atomic mass is 35.5. The molecule has 0 fully saturated rings. The second-order valence-electron chi connectivity index (χ2n) is 5.95. The number of benzene rings is 1. The Morgan fingerprint density at radius 2 is 2.05 bits per heavy atom. The van der Waals surface area contributed by atoms with Crippen molar-refractivity contribution in [1.29, 1.82) is 0 Å². The predicted molar refractivity (Wildman–Crippen MR) is 77.6 cm³/mol. The summed E-state index contributed by atoms with van der Waals surface area (Å²) in [5.41, 5.74) is 8.81. The van der Waals surface area contributed by atoms with Gasteiger partial charge in [-0.3, -0.25) is 9.78 Å². The van der Waals surface area contributed by atoms with Gasteiger partial charge in [-0.1, -0.05) is 25.4 Å². The molecule has 0 spiro atoms. The van der Waals surface area contributed by atoms with Crippen LogP contribution >= 0.6 is 11.6 Å². The number of halogens is 1. The molecule has 2 aromatic rings. The highest BCUT2D eigenvalue weighted by molar-refractivity contribution is 6.31. The molecule has 0 bridgehead atoms. The van der Waals surface area contributed by atoms with Gasteiger partial charge in [0.1, 0.15) is 0 Å². The van der Waals surface area contributed by atoms with Crippen LogP contribution in [0.25, 0.3) is 10.9 Å². The summed E-state index contributed by atoms with van der Waals surface area (Å²) in [4.78, 5) is 16.9. The van der Waals surface area contributed by atoms with E-state index in [-0.39, 0.29) is 11.2 Å². The quantitative estimate of drug-likeness (QED) is 0.798. The van der Waals surface area contributed by atoms with Crippen molar-refractivity contribution in [1.82, 2.24) is 4.98 Å². The molecule has 0 saturated heterocycles. The molecule has 98 valence electrons. The monoisotopic (exact) mass is 274 g/mol. The van der Waals surface area contributed by atoms with E-state index in [9.17, 15) is 4.79 Å². The van der Waals surface area contributed by atoms with Crippen LogP contribution in [0.15, 0.2) is 18.2 Å². The average molecular weight is 275 g/mol. The van der Waals surface area contributed by atoms with E-state index in [1.54, 1.807) is 12.1 Å². The Bertz CT molecular complexity index is 707. The maximum Gasteiger partial charge on any atom is 0.167 e. The number of carbonyl (C=O) groups is 1. The molecule has 0 unspecified atom stereocenters. The molecular formula is C15H15ClN2O. The molecule has 0 aliphatic heterocycles. The zero-order chi connectivity index (χ0) is 13.8. The number of nitrogens with zero attached hydrogens (tertiary/aromatic N) is 1. The van der Waals surface area contributed by atoms with Crippen molar-refractivity contribution in [2.75, 3.05) is 5.73 Å². The molecule has 19 heavy (non-hydrogen) atoms. The second-order valence-corrected chi connectivity index (χ2v) is 6.39. The topological polar surface area (TPSA) is 56.0 Å². The number of fused-ring (bicyclic) bond motifs is 2. The Morgan fingerprint density at radius 1 is 1.32 bits per heavy atom. The molecule has 4 heteroatoms. The van der Waals surface area contributed by atoms with Crippen LogP contribution in [0.2, 0.25) is 5.02 Å². The Morgan fingerprint density at radius 3 is 2.79 bits per heavy atom. The molecule has 1 aromatic heterocycles. The van der Waals surface area contributed by atoms with Gasteiger partial charge in [0.05, 0.1) is 22.5 Å². The lowest BCUT2D eigenvalue weighted by Gasteiger charge is -2.30. The predicted octanol–water partition coefficient (Wildman–Crippen LogP) is 3.63. The molecule has 3 rings (SSSR count). The molecule has 1 aliphatic rings. The van der Waals surface area contributed by atoms with Crippen molar-refractivity contribution in [2.24, 2.45) is 5.41 Å². The van der Waals surface area contributed by atoms with Crippen LogP contribution in [-0.2, 0) is 6.42 Å². The van der Waals surface area contributed by atoms with Crippen LogP contribution in [0, 0.1) is 5.41 Å². The first-order chi connectivity index (χ1) is 8.87. The number of aromatic nitrogens is 1. The molecule has 3 nitrogen and oxygen atoms in total. The third-order valence-corrected chi connectivity index (χ3v) is 3.86. The maximum absolute atomic E-state index is 12.3. The summed E-state index contributed by atoms with van der Waals surface area (Å²) in [7, 11) is 0. The van der Waals surface area contributed by atoms with Crippen molar-refractivity contribution in [3.63, 3.8) is 0 Å². The highest BCUT2D eigenvalue weighted by Gasteiger charge is 2.33. The van der Waals surface area contributed by atoms with Gasteiger partial charge in [-0.25, -0.2) is 0 Å². The lowest BCUT2D eigenvalue weighted by molar-refractivity contribution is 0.0912. The summed E-state index contributed by atoms with van der Waals surface area (Å²) in [5, 5.41) is 1.43. The maximum atomic E-state index is 12.3. The molecule has 2 N–H and O–H groups in total. The van der Waals surface area contributed by atoms with Crippen LogP contribution in [0.1, 0.15) is 36.3 Å². The first-order valence-electron chi connectivity index (χ1n) is 6.28. The molecule has 1 aromatic carbocycles. The van der Waals surface area contributed by atoms with Crippen molar-refractivity contribution in [2.45, 2.75) is 26.7 Å². The van der Waals surface area contributed by atoms with Crippen molar-refractivity contribution >= 4 is 34.0 Å². The Labute approximate surface area is 116 Å². The van der Waals surface area contributed by atoms with Crippen LogP contribution < -0.4 is 5.73 Å². The summed E-state index contributed by atoms with van der Waals surface area (Å²) in [6.45, 7) is 4.15. The van der Waals surface area contributed by atoms with Gasteiger partial charge in [0.2, 0.25) is 0 Å². The number of hydrogen-bond donors (Lipinski definition) is 1. The number of Topliss-reactive ketones (excluding diaryl/α,β-unsaturated/α-hetero) is 1. The fraction of sp³-hybridized carbons (Fsp3) is 0.333. The van der Waals surface area contributed by atoms with Crippen LogP contribution in [0.4, 0.5) is 5.69 Å². The number of ketones is 1. The number of rotatable bonds is 0. The molecule has 0 saturated carbocycles. The summed E-state index contributed by atoms with van der Waals surface area (Å²) in [5.74, 6) is 0.0908. The van der Waals surface area contributed by atoms with Crippen LogP contribution in [0.3, 0.4) is 0 Å². The number of anilines is 1. The first kappa shape index (κ1) is 12.4. The zero-order valence-electron chi connectivity index (χ0n) is 11.0. The van der Waals surface area contributed by atoms with E-state index in [0.717, 1.165) is 23.0 Å². The number of carbonyl (C=O) groups excluding carboxylic acids is 1. The summed E-state index contributed by atoms with van der Waals surface area (Å²) in [6.07, 6.45) is 1.28. The average Bonchev–Trinajstić information content (AvgIpc) is 2.25. The lowest BCUT2D eigenvalue weighted by Crippen LogP contribution is -2.28. The Hall–Kier alpha value is -1.61. The fourth-order valence-corrected chi connectivity index (χ4v) is 2.96.